The molecular formula is C28H31FN8O2. The standard InChI is InChI=1S/C28H31FN8O2/c29-24-15-31-8-7-26(24)39-25-6-1-19(13-20(25)14-30)27-32-18-33-28(35-27)34-21-2-4-22(5-3-21)36-9-11-37(12-10-36)23-16-38-17-23/h1-6,13,18,23-24,26,31H,7-12,15-17H2,(H,32,33,34,35)/t24-,26-/m0/s1. The van der Waals surface area contributed by atoms with Crippen LogP contribution >= 0.6 is 0 Å². The smallest absolute Gasteiger partial charge is 0.230 e. The predicted molar refractivity (Wildman–Crippen MR) is 145 cm³/mol. The van der Waals surface area contributed by atoms with E-state index >= 15 is 0 Å². The summed E-state index contributed by atoms with van der Waals surface area (Å²) in [5, 5.41) is 15.9. The third kappa shape index (κ3) is 5.78. The van der Waals surface area contributed by atoms with E-state index in [1.165, 1.54) is 12.0 Å². The summed E-state index contributed by atoms with van der Waals surface area (Å²) < 4.78 is 25.4. The first kappa shape index (κ1) is 25.4. The third-order valence-electron chi connectivity index (χ3n) is 7.50. The highest BCUT2D eigenvalue weighted by Gasteiger charge is 2.29. The quantitative estimate of drug-likeness (QED) is 0.473. The van der Waals surface area contributed by atoms with Crippen LogP contribution in [0.25, 0.3) is 11.4 Å². The molecular weight excluding hydrogens is 499 g/mol. The van der Waals surface area contributed by atoms with Crippen molar-refractivity contribution < 1.29 is 13.9 Å². The molecule has 39 heavy (non-hydrogen) atoms. The molecule has 4 heterocycles. The van der Waals surface area contributed by atoms with Crippen molar-refractivity contribution in [1.29, 1.82) is 5.26 Å². The molecule has 11 heteroatoms. The van der Waals surface area contributed by atoms with E-state index in [2.05, 4.69) is 53.6 Å². The molecule has 2 atom stereocenters. The van der Waals surface area contributed by atoms with Gasteiger partial charge in [0.25, 0.3) is 0 Å². The zero-order valence-electron chi connectivity index (χ0n) is 21.6. The van der Waals surface area contributed by atoms with E-state index in [-0.39, 0.29) is 6.54 Å². The van der Waals surface area contributed by atoms with Gasteiger partial charge in [-0.2, -0.15) is 10.2 Å². The number of hydrogen-bond acceptors (Lipinski definition) is 10. The van der Waals surface area contributed by atoms with E-state index in [0.29, 0.717) is 47.7 Å². The van der Waals surface area contributed by atoms with Crippen molar-refractivity contribution >= 4 is 17.3 Å². The number of alkyl halides is 1. The summed E-state index contributed by atoms with van der Waals surface area (Å²) in [6, 6.07) is 16.1. The molecule has 0 saturated carbocycles. The minimum Gasteiger partial charge on any atom is -0.486 e. The van der Waals surface area contributed by atoms with Gasteiger partial charge in [-0.3, -0.25) is 4.90 Å². The van der Waals surface area contributed by atoms with E-state index in [1.807, 2.05) is 12.1 Å². The second kappa shape index (κ2) is 11.5. The molecule has 2 N–H and O–H groups in total. The van der Waals surface area contributed by atoms with Gasteiger partial charge in [-0.1, -0.05) is 0 Å². The summed E-state index contributed by atoms with van der Waals surface area (Å²) in [5.74, 6) is 1.19. The molecule has 2 aromatic carbocycles. The topological polar surface area (TPSA) is 111 Å². The van der Waals surface area contributed by atoms with Crippen molar-refractivity contribution in [2.75, 3.05) is 62.7 Å². The molecule has 0 radical (unpaired) electrons. The zero-order valence-corrected chi connectivity index (χ0v) is 21.6. The fraction of sp³-hybridized carbons (Fsp3) is 0.429. The highest BCUT2D eigenvalue weighted by Crippen LogP contribution is 2.28. The van der Waals surface area contributed by atoms with Crippen LogP contribution in [-0.4, -0.2) is 90.7 Å². The average molecular weight is 531 g/mol. The lowest BCUT2D eigenvalue weighted by atomic mass is 10.1. The van der Waals surface area contributed by atoms with Gasteiger partial charge in [0.05, 0.1) is 24.8 Å². The number of nitriles is 1. The first-order valence-corrected chi connectivity index (χ1v) is 13.3. The molecule has 3 aliphatic heterocycles. The fourth-order valence-electron chi connectivity index (χ4n) is 5.11. The molecule has 1 aromatic heterocycles. The van der Waals surface area contributed by atoms with Crippen molar-refractivity contribution in [1.82, 2.24) is 25.2 Å². The van der Waals surface area contributed by atoms with E-state index in [0.717, 1.165) is 45.1 Å². The third-order valence-corrected chi connectivity index (χ3v) is 7.50. The Bertz CT molecular complexity index is 1320. The first-order valence-electron chi connectivity index (χ1n) is 13.3. The van der Waals surface area contributed by atoms with E-state index in [9.17, 15) is 9.65 Å². The molecule has 0 unspecified atom stereocenters. The summed E-state index contributed by atoms with van der Waals surface area (Å²) in [7, 11) is 0. The number of anilines is 3. The number of halogens is 1. The maximum atomic E-state index is 14.2. The van der Waals surface area contributed by atoms with Crippen molar-refractivity contribution in [3.8, 4) is 23.2 Å². The Balaban J connectivity index is 1.10. The molecule has 0 spiro atoms. The number of benzene rings is 2. The van der Waals surface area contributed by atoms with Crippen LogP contribution in [-0.2, 0) is 4.74 Å². The van der Waals surface area contributed by atoms with Crippen LogP contribution in [0.3, 0.4) is 0 Å². The van der Waals surface area contributed by atoms with Crippen molar-refractivity contribution in [3.05, 3.63) is 54.4 Å². The summed E-state index contributed by atoms with van der Waals surface area (Å²) in [6.45, 7) is 6.76. The number of nitrogens with one attached hydrogen (secondary N) is 2. The minimum absolute atomic E-state index is 0.252. The van der Waals surface area contributed by atoms with Gasteiger partial charge in [0.1, 0.15) is 30.4 Å². The lowest BCUT2D eigenvalue weighted by Crippen LogP contribution is -2.56. The lowest BCUT2D eigenvalue weighted by molar-refractivity contribution is -0.0660. The highest BCUT2D eigenvalue weighted by atomic mass is 19.1. The largest absolute Gasteiger partial charge is 0.486 e. The molecule has 3 aromatic rings. The van der Waals surface area contributed by atoms with E-state index < -0.39 is 12.3 Å². The van der Waals surface area contributed by atoms with E-state index in [4.69, 9.17) is 9.47 Å². The number of nitrogens with zero attached hydrogens (tertiary/aromatic N) is 6. The van der Waals surface area contributed by atoms with Gasteiger partial charge in [-0.15, -0.1) is 0 Å². The molecule has 0 aliphatic carbocycles. The number of piperazine rings is 1. The number of aromatic nitrogens is 3. The number of piperidine rings is 1. The molecule has 10 nitrogen and oxygen atoms in total. The minimum atomic E-state index is -1.12. The van der Waals surface area contributed by atoms with Crippen molar-refractivity contribution in [2.45, 2.75) is 24.7 Å². The Morgan fingerprint density at radius 3 is 2.62 bits per heavy atom. The Labute approximate surface area is 226 Å². The molecule has 3 fully saturated rings. The summed E-state index contributed by atoms with van der Waals surface area (Å²) in [4.78, 5) is 18.0. The highest BCUT2D eigenvalue weighted by molar-refractivity contribution is 5.64. The van der Waals surface area contributed by atoms with Crippen LogP contribution in [0.1, 0.15) is 12.0 Å². The maximum Gasteiger partial charge on any atom is 0.230 e. The lowest BCUT2D eigenvalue weighted by Gasteiger charge is -2.43. The summed E-state index contributed by atoms with van der Waals surface area (Å²) in [6.07, 6.45) is 0.291. The maximum absolute atomic E-state index is 14.2. The summed E-state index contributed by atoms with van der Waals surface area (Å²) in [5.41, 5.74) is 3.02. The SMILES string of the molecule is N#Cc1cc(-c2ncnc(Nc3ccc(N4CCN(C5COC5)CC4)cc3)n2)ccc1O[C@H]1CCNC[C@@H]1F. The van der Waals surface area contributed by atoms with Gasteiger partial charge in [0.2, 0.25) is 5.95 Å². The van der Waals surface area contributed by atoms with Crippen LogP contribution < -0.4 is 20.3 Å². The van der Waals surface area contributed by atoms with Crippen molar-refractivity contribution in [3.63, 3.8) is 0 Å². The Morgan fingerprint density at radius 2 is 1.90 bits per heavy atom. The molecule has 202 valence electrons. The second-order valence-electron chi connectivity index (χ2n) is 10.0. The molecule has 3 saturated heterocycles. The van der Waals surface area contributed by atoms with E-state index in [1.54, 1.807) is 18.2 Å². The van der Waals surface area contributed by atoms with Crippen molar-refractivity contribution in [2.24, 2.45) is 0 Å². The van der Waals surface area contributed by atoms with Gasteiger partial charge in [-0.25, -0.2) is 14.4 Å². The van der Waals surface area contributed by atoms with Crippen LogP contribution in [0, 0.1) is 11.3 Å². The van der Waals surface area contributed by atoms with Gasteiger partial charge in [0, 0.05) is 49.7 Å². The van der Waals surface area contributed by atoms with Gasteiger partial charge >= 0.3 is 0 Å². The molecule has 0 bridgehead atoms. The van der Waals surface area contributed by atoms with Crippen LogP contribution in [0.4, 0.5) is 21.7 Å². The monoisotopic (exact) mass is 530 g/mol. The Morgan fingerprint density at radius 1 is 1.08 bits per heavy atom. The van der Waals surface area contributed by atoms with Gasteiger partial charge in [0.15, 0.2) is 5.82 Å². The number of rotatable bonds is 7. The number of hydrogen-bond donors (Lipinski definition) is 2. The zero-order chi connectivity index (χ0) is 26.6. The van der Waals surface area contributed by atoms with Gasteiger partial charge in [-0.05, 0) is 55.4 Å². The predicted octanol–water partition coefficient (Wildman–Crippen LogP) is 2.75. The molecule has 3 aliphatic rings. The summed E-state index contributed by atoms with van der Waals surface area (Å²) >= 11 is 0. The normalized spacial score (nSPS) is 22.1. The van der Waals surface area contributed by atoms with Gasteiger partial charge < -0.3 is 25.0 Å². The molecule has 0 amide bonds. The second-order valence-corrected chi connectivity index (χ2v) is 10.0. The average Bonchev–Trinajstić information content (AvgIpc) is 2.95. The Hall–Kier alpha value is -3.85. The van der Waals surface area contributed by atoms with Crippen LogP contribution in [0.15, 0.2) is 48.8 Å². The van der Waals surface area contributed by atoms with Crippen LogP contribution in [0.2, 0.25) is 0 Å². The molecule has 6 rings (SSSR count). The van der Waals surface area contributed by atoms with Crippen LogP contribution in [0.5, 0.6) is 5.75 Å². The Kier molecular flexibility index (Phi) is 7.49. The number of ether oxygens (including phenoxy) is 2. The first-order chi connectivity index (χ1) is 19.2. The fourth-order valence-corrected chi connectivity index (χ4v) is 5.11.